The third-order valence-electron chi connectivity index (χ3n) is 1.99. The summed E-state index contributed by atoms with van der Waals surface area (Å²) in [5, 5.41) is 0. The zero-order valence-electron chi connectivity index (χ0n) is 7.23. The molecule has 0 aliphatic carbocycles. The molecule has 0 aromatic heterocycles. The van der Waals surface area contributed by atoms with Crippen molar-refractivity contribution in [2.24, 2.45) is 0 Å². The van der Waals surface area contributed by atoms with Crippen LogP contribution in [0.3, 0.4) is 0 Å². The molecular weight excluding hydrogens is 146 g/mol. The Kier molecular flexibility index (Phi) is 6.14. The molecule has 0 radical (unpaired) electrons. The third kappa shape index (κ3) is 3.43. The van der Waals surface area contributed by atoms with Crippen molar-refractivity contribution in [1.82, 2.24) is 4.90 Å². The van der Waals surface area contributed by atoms with Gasteiger partial charge in [-0.05, 0) is 19.9 Å². The topological polar surface area (TPSA) is 3.24 Å². The van der Waals surface area contributed by atoms with Gasteiger partial charge in [-0.25, -0.2) is 0 Å². The molecule has 0 aromatic carbocycles. The van der Waals surface area contributed by atoms with Crippen LogP contribution in [0, 0.1) is 0 Å². The number of halogens is 1. The molecule has 0 saturated carbocycles. The van der Waals surface area contributed by atoms with Gasteiger partial charge in [-0.15, -0.1) is 11.6 Å². The molecule has 2 heteroatoms. The van der Waals surface area contributed by atoms with E-state index in [1.807, 2.05) is 0 Å². The van der Waals surface area contributed by atoms with E-state index in [2.05, 4.69) is 25.7 Å². The third-order valence-corrected chi connectivity index (χ3v) is 2.16. The summed E-state index contributed by atoms with van der Waals surface area (Å²) in [6.07, 6.45) is 1.21. The highest BCUT2D eigenvalue weighted by Gasteiger charge is 2.07. The number of rotatable bonds is 5. The van der Waals surface area contributed by atoms with Gasteiger partial charge < -0.3 is 0 Å². The van der Waals surface area contributed by atoms with E-state index in [4.69, 9.17) is 11.6 Å². The molecule has 0 spiro atoms. The Balaban J connectivity index is 3.56. The van der Waals surface area contributed by atoms with Crippen molar-refractivity contribution in [1.29, 1.82) is 0 Å². The molecule has 0 aromatic rings. The lowest BCUT2D eigenvalue weighted by Gasteiger charge is -2.25. The van der Waals surface area contributed by atoms with Gasteiger partial charge >= 0.3 is 0 Å². The maximum Gasteiger partial charge on any atom is 0.0351 e. The second kappa shape index (κ2) is 5.99. The molecule has 0 heterocycles. The van der Waals surface area contributed by atoms with Crippen molar-refractivity contribution in [3.05, 3.63) is 0 Å². The summed E-state index contributed by atoms with van der Waals surface area (Å²) in [5.41, 5.74) is 0. The molecule has 0 saturated heterocycles. The summed E-state index contributed by atoms with van der Waals surface area (Å²) in [4.78, 5) is 2.40. The molecule has 0 rings (SSSR count). The minimum absolute atomic E-state index is 0.684. The minimum atomic E-state index is 0.684. The van der Waals surface area contributed by atoms with Crippen LogP contribution < -0.4 is 0 Å². The van der Waals surface area contributed by atoms with Gasteiger partial charge in [0.1, 0.15) is 0 Å². The second-order valence-corrected chi connectivity index (χ2v) is 2.95. The molecule has 1 unspecified atom stereocenters. The van der Waals surface area contributed by atoms with E-state index in [0.29, 0.717) is 6.04 Å². The smallest absolute Gasteiger partial charge is 0.0351 e. The molecule has 0 fully saturated rings. The summed E-state index contributed by atoms with van der Waals surface area (Å²) in [6, 6.07) is 0.684. The maximum absolute atomic E-state index is 5.63. The van der Waals surface area contributed by atoms with Crippen LogP contribution in [0.2, 0.25) is 0 Å². The predicted octanol–water partition coefficient (Wildman–Crippen LogP) is 2.35. The summed E-state index contributed by atoms with van der Waals surface area (Å²) < 4.78 is 0. The minimum Gasteiger partial charge on any atom is -0.300 e. The number of alkyl halides is 1. The van der Waals surface area contributed by atoms with Gasteiger partial charge in [0.2, 0.25) is 0 Å². The van der Waals surface area contributed by atoms with Gasteiger partial charge in [0.25, 0.3) is 0 Å². The van der Waals surface area contributed by atoms with Crippen molar-refractivity contribution in [2.75, 3.05) is 19.0 Å². The molecule has 0 aliphatic heterocycles. The largest absolute Gasteiger partial charge is 0.300 e. The Morgan fingerprint density at radius 1 is 1.40 bits per heavy atom. The maximum atomic E-state index is 5.63. The fourth-order valence-electron chi connectivity index (χ4n) is 1.06. The highest BCUT2D eigenvalue weighted by atomic mass is 35.5. The van der Waals surface area contributed by atoms with Gasteiger partial charge in [-0.3, -0.25) is 4.90 Å². The van der Waals surface area contributed by atoms with Crippen LogP contribution in [-0.2, 0) is 0 Å². The molecular formula is C8H18ClN. The zero-order valence-corrected chi connectivity index (χ0v) is 7.99. The summed E-state index contributed by atoms with van der Waals surface area (Å²) in [5.74, 6) is 0.748. The van der Waals surface area contributed by atoms with Crippen LogP contribution in [0.25, 0.3) is 0 Å². The van der Waals surface area contributed by atoms with E-state index in [9.17, 15) is 0 Å². The molecule has 0 N–H and O–H groups in total. The van der Waals surface area contributed by atoms with E-state index < -0.39 is 0 Å². The van der Waals surface area contributed by atoms with Crippen molar-refractivity contribution in [2.45, 2.75) is 33.2 Å². The quantitative estimate of drug-likeness (QED) is 0.563. The second-order valence-electron chi connectivity index (χ2n) is 2.57. The van der Waals surface area contributed by atoms with Crippen LogP contribution >= 0.6 is 11.6 Å². The zero-order chi connectivity index (χ0) is 7.98. The van der Waals surface area contributed by atoms with Crippen LogP contribution in [0.15, 0.2) is 0 Å². The highest BCUT2D eigenvalue weighted by molar-refractivity contribution is 6.18. The van der Waals surface area contributed by atoms with E-state index >= 15 is 0 Å². The first-order chi connectivity index (χ1) is 4.76. The summed E-state index contributed by atoms with van der Waals surface area (Å²) in [7, 11) is 0. The van der Waals surface area contributed by atoms with Gasteiger partial charge in [-0.2, -0.15) is 0 Å². The highest BCUT2D eigenvalue weighted by Crippen LogP contribution is 2.02. The van der Waals surface area contributed by atoms with E-state index in [0.717, 1.165) is 19.0 Å². The first kappa shape index (κ1) is 10.2. The van der Waals surface area contributed by atoms with Crippen LogP contribution in [0.4, 0.5) is 0 Å². The molecule has 1 atom stereocenters. The number of hydrogen-bond donors (Lipinski definition) is 0. The first-order valence-corrected chi connectivity index (χ1v) is 4.59. The lowest BCUT2D eigenvalue weighted by atomic mass is 10.2. The normalized spacial score (nSPS) is 14.1. The summed E-state index contributed by atoms with van der Waals surface area (Å²) in [6.45, 7) is 8.77. The van der Waals surface area contributed by atoms with Gasteiger partial charge in [0.05, 0.1) is 0 Å². The van der Waals surface area contributed by atoms with Crippen molar-refractivity contribution in [3.8, 4) is 0 Å². The Hall–Kier alpha value is 0.250. The van der Waals surface area contributed by atoms with Crippen molar-refractivity contribution < 1.29 is 0 Å². The Bertz CT molecular complexity index is 75.7. The summed E-state index contributed by atoms with van der Waals surface area (Å²) >= 11 is 5.63. The van der Waals surface area contributed by atoms with Crippen molar-refractivity contribution in [3.63, 3.8) is 0 Å². The average molecular weight is 164 g/mol. The lowest BCUT2D eigenvalue weighted by Crippen LogP contribution is -2.33. The van der Waals surface area contributed by atoms with Crippen LogP contribution in [0.1, 0.15) is 27.2 Å². The monoisotopic (exact) mass is 163 g/mol. The molecule has 1 nitrogen and oxygen atoms in total. The Labute approximate surface area is 69.4 Å². The molecule has 0 amide bonds. The molecule has 0 aliphatic rings. The molecule has 10 heavy (non-hydrogen) atoms. The van der Waals surface area contributed by atoms with Crippen LogP contribution in [-0.4, -0.2) is 29.9 Å². The number of nitrogens with zero attached hydrogens (tertiary/aromatic N) is 1. The van der Waals surface area contributed by atoms with E-state index in [1.54, 1.807) is 0 Å². The standard InChI is InChI=1S/C8H18ClN/c1-4-8(3)10(5-2)7-6-9/h8H,4-7H2,1-3H3. The number of hydrogen-bond acceptors (Lipinski definition) is 1. The van der Waals surface area contributed by atoms with Crippen molar-refractivity contribution >= 4 is 11.6 Å². The fourth-order valence-corrected chi connectivity index (χ4v) is 1.27. The average Bonchev–Trinajstić information content (AvgIpc) is 1.99. The Morgan fingerprint density at radius 3 is 2.30 bits per heavy atom. The van der Waals surface area contributed by atoms with E-state index in [1.165, 1.54) is 6.42 Å². The molecule has 62 valence electrons. The van der Waals surface area contributed by atoms with Gasteiger partial charge in [-0.1, -0.05) is 13.8 Å². The van der Waals surface area contributed by atoms with E-state index in [-0.39, 0.29) is 0 Å². The fraction of sp³-hybridized carbons (Fsp3) is 1.00. The predicted molar refractivity (Wildman–Crippen MR) is 47.7 cm³/mol. The van der Waals surface area contributed by atoms with Gasteiger partial charge in [0, 0.05) is 18.5 Å². The Morgan fingerprint density at radius 2 is 2.00 bits per heavy atom. The van der Waals surface area contributed by atoms with Gasteiger partial charge in [0.15, 0.2) is 0 Å². The van der Waals surface area contributed by atoms with Crippen LogP contribution in [0.5, 0.6) is 0 Å². The first-order valence-electron chi connectivity index (χ1n) is 4.06. The lowest BCUT2D eigenvalue weighted by molar-refractivity contribution is 0.228. The SMILES string of the molecule is CCC(C)N(CC)CCCl. The molecule has 0 bridgehead atoms.